The number of hydrogen-bond donors (Lipinski definition) is 3. The topological polar surface area (TPSA) is 86.9 Å². The Bertz CT molecular complexity index is 695. The molecule has 0 saturated heterocycles. The van der Waals surface area contributed by atoms with Crippen LogP contribution in [-0.4, -0.2) is 29.0 Å². The van der Waals surface area contributed by atoms with Crippen LogP contribution in [0.2, 0.25) is 0 Å². The number of aromatic amines is 1. The first-order valence-corrected chi connectivity index (χ1v) is 7.20. The fourth-order valence-electron chi connectivity index (χ4n) is 2.21. The van der Waals surface area contributed by atoms with Crippen LogP contribution in [0.5, 0.6) is 0 Å². The summed E-state index contributed by atoms with van der Waals surface area (Å²) in [5, 5.41) is 5.98. The van der Waals surface area contributed by atoms with Crippen molar-refractivity contribution in [3.8, 4) is 0 Å². The molecule has 0 radical (unpaired) electrons. The van der Waals surface area contributed by atoms with Gasteiger partial charge in [0.1, 0.15) is 5.56 Å². The van der Waals surface area contributed by atoms with Gasteiger partial charge in [0, 0.05) is 31.2 Å². The molecule has 0 unspecified atom stereocenters. The molecule has 6 heteroatoms. The fourth-order valence-corrected chi connectivity index (χ4v) is 2.21. The molecule has 0 atom stereocenters. The van der Waals surface area contributed by atoms with Gasteiger partial charge < -0.3 is 15.6 Å². The van der Waals surface area contributed by atoms with Crippen LogP contribution in [0.15, 0.2) is 35.4 Å². The van der Waals surface area contributed by atoms with Gasteiger partial charge in [-0.1, -0.05) is 0 Å². The normalized spacial score (nSPS) is 10.3. The molecule has 22 heavy (non-hydrogen) atoms. The molecule has 0 spiro atoms. The predicted molar refractivity (Wildman–Crippen MR) is 86.2 cm³/mol. The van der Waals surface area contributed by atoms with Gasteiger partial charge in [0.2, 0.25) is 0 Å². The molecule has 0 bridgehead atoms. The smallest absolute Gasteiger partial charge is 0.261 e. The fraction of sp³-hybridized carbons (Fsp3) is 0.312. The summed E-state index contributed by atoms with van der Waals surface area (Å²) in [4.78, 5) is 30.6. The molecule has 2 heterocycles. The first kappa shape index (κ1) is 15.8. The van der Waals surface area contributed by atoms with E-state index in [0.29, 0.717) is 12.1 Å². The maximum atomic E-state index is 12.1. The van der Waals surface area contributed by atoms with E-state index in [2.05, 4.69) is 20.6 Å². The van der Waals surface area contributed by atoms with Gasteiger partial charge in [-0.15, -0.1) is 0 Å². The minimum atomic E-state index is -0.344. The van der Waals surface area contributed by atoms with E-state index in [1.165, 1.54) is 0 Å². The van der Waals surface area contributed by atoms with Crippen molar-refractivity contribution >= 4 is 11.6 Å². The van der Waals surface area contributed by atoms with Crippen molar-refractivity contribution in [1.82, 2.24) is 15.3 Å². The molecule has 0 aliphatic heterocycles. The number of aromatic nitrogens is 2. The number of nitrogens with zero attached hydrogens (tertiary/aromatic N) is 1. The van der Waals surface area contributed by atoms with E-state index < -0.39 is 0 Å². The number of carbonyl (C=O) groups is 1. The van der Waals surface area contributed by atoms with Crippen molar-refractivity contribution in [1.29, 1.82) is 0 Å². The Morgan fingerprint density at radius 1 is 1.32 bits per heavy atom. The Morgan fingerprint density at radius 2 is 2.14 bits per heavy atom. The third-order valence-corrected chi connectivity index (χ3v) is 3.22. The number of pyridine rings is 2. The van der Waals surface area contributed by atoms with E-state index in [4.69, 9.17) is 0 Å². The lowest BCUT2D eigenvalue weighted by Crippen LogP contribution is -2.32. The molecule has 0 aliphatic rings. The second-order valence-electron chi connectivity index (χ2n) is 5.12. The molecule has 0 aliphatic carbocycles. The van der Waals surface area contributed by atoms with Crippen molar-refractivity contribution in [3.63, 3.8) is 0 Å². The van der Waals surface area contributed by atoms with Gasteiger partial charge in [0.15, 0.2) is 0 Å². The van der Waals surface area contributed by atoms with Crippen LogP contribution >= 0.6 is 0 Å². The Kier molecular flexibility index (Phi) is 5.30. The Morgan fingerprint density at radius 3 is 2.82 bits per heavy atom. The Balaban J connectivity index is 1.80. The number of anilines is 1. The van der Waals surface area contributed by atoms with Gasteiger partial charge in [0.05, 0.1) is 5.69 Å². The lowest BCUT2D eigenvalue weighted by Gasteiger charge is -2.08. The molecule has 0 fully saturated rings. The first-order chi connectivity index (χ1) is 10.6. The maximum absolute atomic E-state index is 12.1. The molecule has 0 saturated carbocycles. The number of amides is 1. The third kappa shape index (κ3) is 4.18. The van der Waals surface area contributed by atoms with Crippen molar-refractivity contribution in [2.45, 2.75) is 20.3 Å². The zero-order valence-corrected chi connectivity index (χ0v) is 12.8. The first-order valence-electron chi connectivity index (χ1n) is 7.20. The van der Waals surface area contributed by atoms with Gasteiger partial charge in [-0.2, -0.15) is 0 Å². The number of rotatable bonds is 6. The molecule has 6 nitrogen and oxygen atoms in total. The molecule has 2 rings (SSSR count). The molecule has 3 N–H and O–H groups in total. The highest BCUT2D eigenvalue weighted by Crippen LogP contribution is 2.04. The highest BCUT2D eigenvalue weighted by molar-refractivity contribution is 5.95. The minimum Gasteiger partial charge on any atom is -0.384 e. The van der Waals surface area contributed by atoms with Crippen LogP contribution < -0.4 is 16.2 Å². The van der Waals surface area contributed by atoms with Crippen molar-refractivity contribution in [3.05, 3.63) is 57.8 Å². The molecule has 116 valence electrons. The maximum Gasteiger partial charge on any atom is 0.261 e. The molecule has 2 aromatic rings. The third-order valence-electron chi connectivity index (χ3n) is 3.22. The monoisotopic (exact) mass is 300 g/mol. The van der Waals surface area contributed by atoms with Crippen molar-refractivity contribution in [2.24, 2.45) is 0 Å². The van der Waals surface area contributed by atoms with Crippen LogP contribution in [-0.2, 0) is 0 Å². The van der Waals surface area contributed by atoms with Crippen LogP contribution in [0.25, 0.3) is 0 Å². The van der Waals surface area contributed by atoms with Crippen LogP contribution in [0.4, 0.5) is 5.69 Å². The summed E-state index contributed by atoms with van der Waals surface area (Å²) in [6.07, 6.45) is 4.21. The Hall–Kier alpha value is -2.63. The Labute approximate surface area is 129 Å². The number of hydrogen-bond acceptors (Lipinski definition) is 4. The van der Waals surface area contributed by atoms with E-state index in [1.54, 1.807) is 32.3 Å². The number of nitrogens with one attached hydrogen (secondary N) is 3. The summed E-state index contributed by atoms with van der Waals surface area (Å²) < 4.78 is 0. The van der Waals surface area contributed by atoms with Crippen LogP contribution in [0.1, 0.15) is 28.0 Å². The summed E-state index contributed by atoms with van der Waals surface area (Å²) in [6, 6.07) is 5.58. The standard InChI is InChI=1S/C16H20N4O2/c1-11-9-12(2)20-16(22)14(11)15(21)19-8-4-7-18-13-5-3-6-17-10-13/h3,5-6,9-10,18H,4,7-8H2,1-2H3,(H,19,21)(H,20,22). The van der Waals surface area contributed by atoms with Crippen LogP contribution in [0, 0.1) is 13.8 Å². The summed E-state index contributed by atoms with van der Waals surface area (Å²) in [7, 11) is 0. The van der Waals surface area contributed by atoms with E-state index >= 15 is 0 Å². The molecule has 0 aromatic carbocycles. The summed E-state index contributed by atoms with van der Waals surface area (Å²) >= 11 is 0. The van der Waals surface area contributed by atoms with Gasteiger partial charge >= 0.3 is 0 Å². The average molecular weight is 300 g/mol. The molecule has 2 aromatic heterocycles. The molecular formula is C16H20N4O2. The van der Waals surface area contributed by atoms with E-state index in [0.717, 1.165) is 24.3 Å². The quantitative estimate of drug-likeness (QED) is 0.708. The second kappa shape index (κ2) is 7.40. The summed E-state index contributed by atoms with van der Waals surface area (Å²) in [5.74, 6) is -0.333. The molecular weight excluding hydrogens is 280 g/mol. The predicted octanol–water partition coefficient (Wildman–Crippen LogP) is 1.62. The lowest BCUT2D eigenvalue weighted by molar-refractivity contribution is 0.0951. The largest absolute Gasteiger partial charge is 0.384 e. The lowest BCUT2D eigenvalue weighted by atomic mass is 10.1. The van der Waals surface area contributed by atoms with Crippen molar-refractivity contribution in [2.75, 3.05) is 18.4 Å². The van der Waals surface area contributed by atoms with Gasteiger partial charge in [-0.3, -0.25) is 14.6 Å². The second-order valence-corrected chi connectivity index (χ2v) is 5.12. The van der Waals surface area contributed by atoms with Crippen molar-refractivity contribution < 1.29 is 4.79 Å². The van der Waals surface area contributed by atoms with Crippen LogP contribution in [0.3, 0.4) is 0 Å². The highest BCUT2D eigenvalue weighted by atomic mass is 16.2. The number of carbonyl (C=O) groups excluding carboxylic acids is 1. The number of H-pyrrole nitrogens is 1. The summed E-state index contributed by atoms with van der Waals surface area (Å²) in [6.45, 7) is 4.77. The zero-order chi connectivity index (χ0) is 15.9. The molecule has 1 amide bonds. The summed E-state index contributed by atoms with van der Waals surface area (Å²) in [5.41, 5.74) is 2.22. The SMILES string of the molecule is Cc1cc(C)c(C(=O)NCCCNc2cccnc2)c(=O)[nH]1. The van der Waals surface area contributed by atoms with E-state index in [1.807, 2.05) is 12.1 Å². The van der Waals surface area contributed by atoms with Gasteiger partial charge in [-0.25, -0.2) is 0 Å². The van der Waals surface area contributed by atoms with E-state index in [-0.39, 0.29) is 17.0 Å². The highest BCUT2D eigenvalue weighted by Gasteiger charge is 2.13. The van der Waals surface area contributed by atoms with E-state index in [9.17, 15) is 9.59 Å². The zero-order valence-electron chi connectivity index (χ0n) is 12.8. The number of aryl methyl sites for hydroxylation is 2. The van der Waals surface area contributed by atoms with Gasteiger partial charge in [-0.05, 0) is 44.0 Å². The minimum absolute atomic E-state index is 0.186. The van der Waals surface area contributed by atoms with Gasteiger partial charge in [0.25, 0.3) is 11.5 Å². The average Bonchev–Trinajstić information content (AvgIpc) is 2.47.